The minimum atomic E-state index is 0.00305. The standard InChI is InChI=1S/C19H26N4O2/c1-5-23-14(2)12-16(20-23)19(24)22-11-10-21(3)17(13-22)15-8-6-7-9-18(15)25-4/h6-9,12,17H,5,10-11,13H2,1-4H3. The van der Waals surface area contributed by atoms with Crippen molar-refractivity contribution >= 4 is 5.91 Å². The minimum absolute atomic E-state index is 0.00305. The summed E-state index contributed by atoms with van der Waals surface area (Å²) in [5.41, 5.74) is 2.66. The van der Waals surface area contributed by atoms with Crippen LogP contribution in [-0.2, 0) is 6.54 Å². The van der Waals surface area contributed by atoms with Gasteiger partial charge in [0.2, 0.25) is 0 Å². The van der Waals surface area contributed by atoms with Gasteiger partial charge in [-0.1, -0.05) is 18.2 Å². The third-order valence-electron chi connectivity index (χ3n) is 4.93. The number of aryl methyl sites for hydroxylation is 2. The largest absolute Gasteiger partial charge is 0.496 e. The Bertz CT molecular complexity index is 756. The van der Waals surface area contributed by atoms with Gasteiger partial charge in [0.15, 0.2) is 5.69 Å². The zero-order chi connectivity index (χ0) is 18.0. The van der Waals surface area contributed by atoms with Crippen LogP contribution in [0.15, 0.2) is 30.3 Å². The highest BCUT2D eigenvalue weighted by molar-refractivity contribution is 5.92. The van der Waals surface area contributed by atoms with Gasteiger partial charge in [-0.15, -0.1) is 0 Å². The zero-order valence-electron chi connectivity index (χ0n) is 15.4. The summed E-state index contributed by atoms with van der Waals surface area (Å²) in [5, 5.41) is 4.44. The highest BCUT2D eigenvalue weighted by Crippen LogP contribution is 2.31. The zero-order valence-corrected chi connectivity index (χ0v) is 15.4. The maximum atomic E-state index is 12.9. The van der Waals surface area contributed by atoms with Gasteiger partial charge in [-0.25, -0.2) is 0 Å². The molecule has 0 saturated carbocycles. The van der Waals surface area contributed by atoms with Crippen LogP contribution in [0.3, 0.4) is 0 Å². The number of carbonyl (C=O) groups is 1. The highest BCUT2D eigenvalue weighted by atomic mass is 16.5. The van der Waals surface area contributed by atoms with Gasteiger partial charge >= 0.3 is 0 Å². The van der Waals surface area contributed by atoms with Crippen molar-refractivity contribution in [3.8, 4) is 5.75 Å². The number of hydrogen-bond donors (Lipinski definition) is 0. The molecule has 134 valence electrons. The average molecular weight is 342 g/mol. The molecule has 0 bridgehead atoms. The van der Waals surface area contributed by atoms with Gasteiger partial charge in [0.25, 0.3) is 5.91 Å². The van der Waals surface area contributed by atoms with Crippen molar-refractivity contribution in [3.63, 3.8) is 0 Å². The molecule has 3 rings (SSSR count). The van der Waals surface area contributed by atoms with Crippen LogP contribution >= 0.6 is 0 Å². The summed E-state index contributed by atoms with van der Waals surface area (Å²) in [6.07, 6.45) is 0. The van der Waals surface area contributed by atoms with Crippen LogP contribution in [0.1, 0.15) is 34.7 Å². The Morgan fingerprint density at radius 3 is 2.76 bits per heavy atom. The van der Waals surface area contributed by atoms with Crippen LogP contribution in [0.4, 0.5) is 0 Å². The lowest BCUT2D eigenvalue weighted by molar-refractivity contribution is 0.0536. The number of carbonyl (C=O) groups excluding carboxylic acids is 1. The molecule has 0 spiro atoms. The molecule has 1 atom stereocenters. The molecule has 1 aliphatic rings. The molecule has 2 heterocycles. The molecule has 1 saturated heterocycles. The summed E-state index contributed by atoms with van der Waals surface area (Å²) in [5.74, 6) is 0.864. The lowest BCUT2D eigenvalue weighted by Gasteiger charge is -2.39. The molecule has 0 aliphatic carbocycles. The molecule has 25 heavy (non-hydrogen) atoms. The molecule has 0 radical (unpaired) electrons. The van der Waals surface area contributed by atoms with E-state index in [2.05, 4.69) is 23.1 Å². The molecule has 1 aliphatic heterocycles. The van der Waals surface area contributed by atoms with E-state index >= 15 is 0 Å². The van der Waals surface area contributed by atoms with Crippen molar-refractivity contribution in [2.45, 2.75) is 26.4 Å². The van der Waals surface area contributed by atoms with E-state index < -0.39 is 0 Å². The van der Waals surface area contributed by atoms with E-state index in [1.54, 1.807) is 7.11 Å². The Labute approximate surface area is 149 Å². The van der Waals surface area contributed by atoms with Gasteiger partial charge in [0, 0.05) is 37.4 Å². The molecular weight excluding hydrogens is 316 g/mol. The Morgan fingerprint density at radius 1 is 1.32 bits per heavy atom. The van der Waals surface area contributed by atoms with E-state index in [0.29, 0.717) is 18.8 Å². The summed E-state index contributed by atoms with van der Waals surface area (Å²) in [6, 6.07) is 10.0. The van der Waals surface area contributed by atoms with E-state index in [1.165, 1.54) is 0 Å². The van der Waals surface area contributed by atoms with E-state index in [-0.39, 0.29) is 11.9 Å². The average Bonchev–Trinajstić information content (AvgIpc) is 3.02. The fourth-order valence-electron chi connectivity index (χ4n) is 3.43. The van der Waals surface area contributed by atoms with Gasteiger partial charge in [-0.05, 0) is 33.0 Å². The smallest absolute Gasteiger partial charge is 0.274 e. The maximum Gasteiger partial charge on any atom is 0.274 e. The fourth-order valence-corrected chi connectivity index (χ4v) is 3.43. The number of piperazine rings is 1. The molecule has 1 aromatic carbocycles. The highest BCUT2D eigenvalue weighted by Gasteiger charge is 2.31. The topological polar surface area (TPSA) is 50.6 Å². The van der Waals surface area contributed by atoms with Crippen molar-refractivity contribution in [2.24, 2.45) is 0 Å². The number of nitrogens with zero attached hydrogens (tertiary/aromatic N) is 4. The maximum absolute atomic E-state index is 12.9. The first-order valence-electron chi connectivity index (χ1n) is 8.72. The Kier molecular flexibility index (Phi) is 5.08. The number of ether oxygens (including phenoxy) is 1. The number of aromatic nitrogens is 2. The van der Waals surface area contributed by atoms with Gasteiger partial charge in [0.1, 0.15) is 5.75 Å². The predicted octanol–water partition coefficient (Wildman–Crippen LogP) is 2.35. The summed E-state index contributed by atoms with van der Waals surface area (Å²) >= 11 is 0. The summed E-state index contributed by atoms with van der Waals surface area (Å²) < 4.78 is 7.38. The van der Waals surface area contributed by atoms with Crippen molar-refractivity contribution in [1.82, 2.24) is 19.6 Å². The number of benzene rings is 1. The molecule has 1 amide bonds. The van der Waals surface area contributed by atoms with E-state index in [1.807, 2.05) is 47.7 Å². The first-order chi connectivity index (χ1) is 12.0. The molecule has 2 aromatic rings. The van der Waals surface area contributed by atoms with Crippen LogP contribution in [0.25, 0.3) is 0 Å². The third-order valence-corrected chi connectivity index (χ3v) is 4.93. The van der Waals surface area contributed by atoms with Gasteiger partial charge in [0.05, 0.1) is 13.2 Å². The molecular formula is C19H26N4O2. The van der Waals surface area contributed by atoms with Crippen LogP contribution in [0, 0.1) is 6.92 Å². The van der Waals surface area contributed by atoms with Gasteiger partial charge in [-0.3, -0.25) is 14.4 Å². The SMILES string of the molecule is CCn1nc(C(=O)N2CCN(C)C(c3ccccc3OC)C2)cc1C. The minimum Gasteiger partial charge on any atom is -0.496 e. The van der Waals surface area contributed by atoms with Crippen molar-refractivity contribution in [2.75, 3.05) is 33.8 Å². The lowest BCUT2D eigenvalue weighted by atomic mass is 10.0. The summed E-state index contributed by atoms with van der Waals surface area (Å²) in [6.45, 7) is 6.94. The lowest BCUT2D eigenvalue weighted by Crippen LogP contribution is -2.49. The second-order valence-electron chi connectivity index (χ2n) is 6.48. The number of rotatable bonds is 4. The van der Waals surface area contributed by atoms with Crippen molar-refractivity contribution in [1.29, 1.82) is 0 Å². The molecule has 1 fully saturated rings. The van der Waals surface area contributed by atoms with Crippen LogP contribution in [0.2, 0.25) is 0 Å². The molecule has 6 nitrogen and oxygen atoms in total. The predicted molar refractivity (Wildman–Crippen MR) is 96.9 cm³/mol. The van der Waals surface area contributed by atoms with E-state index in [0.717, 1.165) is 30.1 Å². The molecule has 1 unspecified atom stereocenters. The summed E-state index contributed by atoms with van der Waals surface area (Å²) in [4.78, 5) is 17.1. The number of likely N-dealkylation sites (N-methyl/N-ethyl adjacent to an activating group) is 1. The monoisotopic (exact) mass is 342 g/mol. The molecule has 1 aromatic heterocycles. The van der Waals surface area contributed by atoms with E-state index in [4.69, 9.17) is 4.74 Å². The number of para-hydroxylation sites is 1. The summed E-state index contributed by atoms with van der Waals surface area (Å²) in [7, 11) is 3.78. The second-order valence-corrected chi connectivity index (χ2v) is 6.48. The molecule has 0 N–H and O–H groups in total. The van der Waals surface area contributed by atoms with Crippen molar-refractivity contribution in [3.05, 3.63) is 47.3 Å². The van der Waals surface area contributed by atoms with Gasteiger partial charge < -0.3 is 9.64 Å². The first-order valence-corrected chi connectivity index (χ1v) is 8.72. The number of amides is 1. The number of methoxy groups -OCH3 is 1. The first kappa shape index (κ1) is 17.5. The Hall–Kier alpha value is -2.34. The number of hydrogen-bond acceptors (Lipinski definition) is 4. The third kappa shape index (κ3) is 3.39. The molecule has 6 heteroatoms. The van der Waals surface area contributed by atoms with E-state index in [9.17, 15) is 4.79 Å². The normalized spacial score (nSPS) is 18.4. The fraction of sp³-hybridized carbons (Fsp3) is 0.474. The Morgan fingerprint density at radius 2 is 2.08 bits per heavy atom. The van der Waals surface area contributed by atoms with Gasteiger partial charge in [-0.2, -0.15) is 5.10 Å². The van der Waals surface area contributed by atoms with Crippen LogP contribution < -0.4 is 4.74 Å². The Balaban J connectivity index is 1.83. The quantitative estimate of drug-likeness (QED) is 0.856. The second kappa shape index (κ2) is 7.27. The van der Waals surface area contributed by atoms with Crippen LogP contribution in [-0.4, -0.2) is 59.3 Å². The van der Waals surface area contributed by atoms with Crippen molar-refractivity contribution < 1.29 is 9.53 Å². The van der Waals surface area contributed by atoms with Crippen LogP contribution in [0.5, 0.6) is 5.75 Å².